The van der Waals surface area contributed by atoms with E-state index in [-0.39, 0.29) is 23.2 Å². The minimum absolute atomic E-state index is 0.0125. The molecule has 5 heteroatoms. The molecule has 100 valence electrons. The lowest BCUT2D eigenvalue weighted by atomic mass is 9.87. The maximum Gasteiger partial charge on any atom is 0.257 e. The minimum atomic E-state index is -0.108. The number of carbonyl (C=O) groups is 1. The molecule has 1 unspecified atom stereocenters. The number of nitrogen functional groups attached to an aromatic ring is 1. The molecule has 1 aromatic heterocycles. The molecular formula is C13H20BrN3O. The molecular weight excluding hydrogens is 294 g/mol. The fourth-order valence-electron chi connectivity index (χ4n) is 1.57. The van der Waals surface area contributed by atoms with E-state index in [0.29, 0.717) is 5.56 Å². The quantitative estimate of drug-likeness (QED) is 0.913. The van der Waals surface area contributed by atoms with Gasteiger partial charge in [-0.05, 0) is 34.3 Å². The van der Waals surface area contributed by atoms with Gasteiger partial charge in [0.2, 0.25) is 0 Å². The number of rotatable bonds is 2. The van der Waals surface area contributed by atoms with Crippen LogP contribution in [-0.4, -0.2) is 28.9 Å². The van der Waals surface area contributed by atoms with Crippen molar-refractivity contribution in [1.29, 1.82) is 0 Å². The van der Waals surface area contributed by atoms with Gasteiger partial charge in [-0.25, -0.2) is 4.98 Å². The number of anilines is 1. The molecule has 0 spiro atoms. The van der Waals surface area contributed by atoms with Gasteiger partial charge in [0.1, 0.15) is 5.82 Å². The highest BCUT2D eigenvalue weighted by Gasteiger charge is 2.28. The molecule has 2 N–H and O–H groups in total. The first-order chi connectivity index (χ1) is 8.14. The summed E-state index contributed by atoms with van der Waals surface area (Å²) >= 11 is 3.30. The average Bonchev–Trinajstić information content (AvgIpc) is 2.28. The molecule has 1 aromatic rings. The third kappa shape index (κ3) is 3.22. The molecule has 1 heterocycles. The summed E-state index contributed by atoms with van der Waals surface area (Å²) < 4.78 is 0.747. The Morgan fingerprint density at radius 3 is 2.56 bits per heavy atom. The van der Waals surface area contributed by atoms with Crippen molar-refractivity contribution in [2.24, 2.45) is 5.41 Å². The molecule has 18 heavy (non-hydrogen) atoms. The number of nitrogens with zero attached hydrogens (tertiary/aromatic N) is 2. The SMILES string of the molecule is CC(N(C)C(=O)c1cc(Br)cnc1N)C(C)(C)C. The van der Waals surface area contributed by atoms with Crippen molar-refractivity contribution in [2.75, 3.05) is 12.8 Å². The Hall–Kier alpha value is -1.10. The number of hydrogen-bond acceptors (Lipinski definition) is 3. The first kappa shape index (κ1) is 15.0. The number of nitrogens with two attached hydrogens (primary N) is 1. The van der Waals surface area contributed by atoms with E-state index >= 15 is 0 Å². The number of aromatic nitrogens is 1. The highest BCUT2D eigenvalue weighted by Crippen LogP contribution is 2.25. The van der Waals surface area contributed by atoms with E-state index < -0.39 is 0 Å². The zero-order valence-corrected chi connectivity index (χ0v) is 13.1. The highest BCUT2D eigenvalue weighted by atomic mass is 79.9. The van der Waals surface area contributed by atoms with Crippen molar-refractivity contribution >= 4 is 27.7 Å². The molecule has 1 atom stereocenters. The van der Waals surface area contributed by atoms with E-state index in [1.54, 1.807) is 24.2 Å². The van der Waals surface area contributed by atoms with E-state index in [4.69, 9.17) is 5.73 Å². The Morgan fingerprint density at radius 2 is 2.06 bits per heavy atom. The zero-order chi connectivity index (χ0) is 14.1. The van der Waals surface area contributed by atoms with E-state index in [2.05, 4.69) is 41.7 Å². The van der Waals surface area contributed by atoms with Gasteiger partial charge in [-0.3, -0.25) is 4.79 Å². The summed E-state index contributed by atoms with van der Waals surface area (Å²) in [7, 11) is 1.79. The molecule has 0 aromatic carbocycles. The summed E-state index contributed by atoms with van der Waals surface area (Å²) in [5, 5.41) is 0. The highest BCUT2D eigenvalue weighted by molar-refractivity contribution is 9.10. The lowest BCUT2D eigenvalue weighted by molar-refractivity contribution is 0.0630. The maximum atomic E-state index is 12.4. The van der Waals surface area contributed by atoms with Crippen LogP contribution < -0.4 is 5.73 Å². The van der Waals surface area contributed by atoms with Gasteiger partial charge in [-0.1, -0.05) is 20.8 Å². The third-order valence-corrected chi connectivity index (χ3v) is 3.70. The predicted octanol–water partition coefficient (Wildman–Crippen LogP) is 2.93. The van der Waals surface area contributed by atoms with Gasteiger partial charge in [0.05, 0.1) is 5.56 Å². The molecule has 0 radical (unpaired) electrons. The van der Waals surface area contributed by atoms with E-state index in [1.807, 2.05) is 6.92 Å². The average molecular weight is 314 g/mol. The second-order valence-electron chi connectivity index (χ2n) is 5.54. The Balaban J connectivity index is 3.04. The second-order valence-corrected chi connectivity index (χ2v) is 6.46. The van der Waals surface area contributed by atoms with Crippen molar-refractivity contribution in [2.45, 2.75) is 33.7 Å². The lowest BCUT2D eigenvalue weighted by Gasteiger charge is -2.35. The molecule has 0 aliphatic carbocycles. The van der Waals surface area contributed by atoms with Crippen LogP contribution in [0.3, 0.4) is 0 Å². The van der Waals surface area contributed by atoms with Crippen LogP contribution in [0.4, 0.5) is 5.82 Å². The van der Waals surface area contributed by atoms with Crippen LogP contribution in [0, 0.1) is 5.41 Å². The van der Waals surface area contributed by atoms with Gasteiger partial charge in [-0.2, -0.15) is 0 Å². The summed E-state index contributed by atoms with van der Waals surface area (Å²) in [6.45, 7) is 8.33. The zero-order valence-electron chi connectivity index (χ0n) is 11.5. The summed E-state index contributed by atoms with van der Waals surface area (Å²) in [4.78, 5) is 18.1. The number of halogens is 1. The van der Waals surface area contributed by atoms with Crippen molar-refractivity contribution < 1.29 is 4.79 Å². The topological polar surface area (TPSA) is 59.2 Å². The van der Waals surface area contributed by atoms with Crippen molar-refractivity contribution in [3.8, 4) is 0 Å². The van der Waals surface area contributed by atoms with Crippen molar-refractivity contribution in [3.63, 3.8) is 0 Å². The van der Waals surface area contributed by atoms with Crippen LogP contribution in [0.2, 0.25) is 0 Å². The molecule has 0 saturated heterocycles. The number of amides is 1. The van der Waals surface area contributed by atoms with Crippen LogP contribution >= 0.6 is 15.9 Å². The summed E-state index contributed by atoms with van der Waals surface area (Å²) in [5.74, 6) is 0.153. The van der Waals surface area contributed by atoms with Gasteiger partial charge in [0.25, 0.3) is 5.91 Å². The Bertz CT molecular complexity index is 454. The molecule has 4 nitrogen and oxygen atoms in total. The third-order valence-electron chi connectivity index (χ3n) is 3.27. The van der Waals surface area contributed by atoms with Crippen molar-refractivity contribution in [1.82, 2.24) is 9.88 Å². The Labute approximate surface area is 117 Å². The minimum Gasteiger partial charge on any atom is -0.383 e. The number of carbonyl (C=O) groups excluding carboxylic acids is 1. The summed E-state index contributed by atoms with van der Waals surface area (Å²) in [5.41, 5.74) is 6.20. The van der Waals surface area contributed by atoms with Gasteiger partial charge in [-0.15, -0.1) is 0 Å². The number of pyridine rings is 1. The van der Waals surface area contributed by atoms with Crippen molar-refractivity contribution in [3.05, 3.63) is 22.3 Å². The van der Waals surface area contributed by atoms with Crippen LogP contribution in [0.25, 0.3) is 0 Å². The van der Waals surface area contributed by atoms with Gasteiger partial charge in [0, 0.05) is 23.8 Å². The van der Waals surface area contributed by atoms with Gasteiger partial charge < -0.3 is 10.6 Å². The molecule has 0 bridgehead atoms. The van der Waals surface area contributed by atoms with Crippen LogP contribution in [-0.2, 0) is 0 Å². The van der Waals surface area contributed by atoms with E-state index in [0.717, 1.165) is 4.47 Å². The van der Waals surface area contributed by atoms with E-state index in [1.165, 1.54) is 0 Å². The fraction of sp³-hybridized carbons (Fsp3) is 0.538. The maximum absolute atomic E-state index is 12.4. The standard InChI is InChI=1S/C13H20BrN3O/c1-8(13(2,3)4)17(5)12(18)10-6-9(14)7-16-11(10)15/h6-8H,1-5H3,(H2,15,16). The molecule has 1 amide bonds. The van der Waals surface area contributed by atoms with Gasteiger partial charge in [0.15, 0.2) is 0 Å². The molecule has 0 fully saturated rings. The van der Waals surface area contributed by atoms with Crippen LogP contribution in [0.1, 0.15) is 38.1 Å². The largest absolute Gasteiger partial charge is 0.383 e. The summed E-state index contributed by atoms with van der Waals surface area (Å²) in [6.07, 6.45) is 1.58. The second kappa shape index (κ2) is 5.26. The van der Waals surface area contributed by atoms with Gasteiger partial charge >= 0.3 is 0 Å². The monoisotopic (exact) mass is 313 g/mol. The molecule has 0 aliphatic heterocycles. The lowest BCUT2D eigenvalue weighted by Crippen LogP contribution is -2.43. The fourth-order valence-corrected chi connectivity index (χ4v) is 1.90. The molecule has 0 saturated carbocycles. The number of hydrogen-bond donors (Lipinski definition) is 1. The molecule has 1 rings (SSSR count). The van der Waals surface area contributed by atoms with Crippen LogP contribution in [0.15, 0.2) is 16.7 Å². The molecule has 0 aliphatic rings. The normalized spacial score (nSPS) is 13.2. The smallest absolute Gasteiger partial charge is 0.257 e. The van der Waals surface area contributed by atoms with Crippen LogP contribution in [0.5, 0.6) is 0 Å². The Morgan fingerprint density at radius 1 is 1.50 bits per heavy atom. The Kier molecular flexibility index (Phi) is 4.37. The first-order valence-electron chi connectivity index (χ1n) is 5.82. The van der Waals surface area contributed by atoms with E-state index in [9.17, 15) is 4.79 Å². The predicted molar refractivity (Wildman–Crippen MR) is 77.4 cm³/mol. The first-order valence-corrected chi connectivity index (χ1v) is 6.62. The summed E-state index contributed by atoms with van der Waals surface area (Å²) in [6, 6.07) is 1.81.